The van der Waals surface area contributed by atoms with Crippen molar-refractivity contribution in [2.75, 3.05) is 19.8 Å². The van der Waals surface area contributed by atoms with Crippen molar-refractivity contribution in [1.82, 2.24) is 15.5 Å². The summed E-state index contributed by atoms with van der Waals surface area (Å²) < 4.78 is 10.7. The second-order valence-corrected chi connectivity index (χ2v) is 5.22. The molecule has 1 aliphatic heterocycles. The second kappa shape index (κ2) is 5.73. The van der Waals surface area contributed by atoms with E-state index in [1.54, 1.807) is 0 Å². The molecule has 1 saturated heterocycles. The van der Waals surface area contributed by atoms with Crippen molar-refractivity contribution in [2.45, 2.75) is 26.3 Å². The van der Waals surface area contributed by atoms with Gasteiger partial charge in [0.1, 0.15) is 0 Å². The van der Waals surface area contributed by atoms with Crippen molar-refractivity contribution in [2.24, 2.45) is 0 Å². The van der Waals surface area contributed by atoms with Crippen molar-refractivity contribution in [3.63, 3.8) is 0 Å². The van der Waals surface area contributed by atoms with Crippen LogP contribution in [0.15, 0.2) is 22.7 Å². The van der Waals surface area contributed by atoms with Gasteiger partial charge in [-0.15, -0.1) is 0 Å². The van der Waals surface area contributed by atoms with Gasteiger partial charge in [-0.2, -0.15) is 4.98 Å². The maximum atomic E-state index is 5.41. The third kappa shape index (κ3) is 2.89. The summed E-state index contributed by atoms with van der Waals surface area (Å²) >= 11 is 0. The molecule has 2 heterocycles. The summed E-state index contributed by atoms with van der Waals surface area (Å²) in [7, 11) is 0. The smallest absolute Gasteiger partial charge is 0.231 e. The number of hydrogen-bond acceptors (Lipinski definition) is 5. The van der Waals surface area contributed by atoms with Crippen LogP contribution in [0.3, 0.4) is 0 Å². The van der Waals surface area contributed by atoms with Crippen LogP contribution in [0, 0.1) is 13.8 Å². The number of aromatic nitrogens is 2. The number of nitrogens with one attached hydrogen (secondary N) is 1. The maximum absolute atomic E-state index is 5.41. The molecule has 1 atom stereocenters. The summed E-state index contributed by atoms with van der Waals surface area (Å²) in [4.78, 5) is 4.46. The lowest BCUT2D eigenvalue weighted by Crippen LogP contribution is -2.35. The molecule has 0 amide bonds. The minimum absolute atomic E-state index is 0.0426. The van der Waals surface area contributed by atoms with Gasteiger partial charge in [0.05, 0.1) is 25.7 Å². The molecule has 1 fully saturated rings. The lowest BCUT2D eigenvalue weighted by atomic mass is 10.0. The number of aryl methyl sites for hydroxylation is 2. The molecule has 1 aromatic carbocycles. The molecule has 0 spiro atoms. The van der Waals surface area contributed by atoms with E-state index in [1.807, 2.05) is 0 Å². The zero-order chi connectivity index (χ0) is 13.9. The SMILES string of the molecule is Cc1ccc(Cc2nc(C3COCCN3)no2)cc1C. The normalized spacial score (nSPS) is 19.2. The summed E-state index contributed by atoms with van der Waals surface area (Å²) in [6, 6.07) is 6.44. The molecule has 0 aliphatic carbocycles. The summed E-state index contributed by atoms with van der Waals surface area (Å²) in [5, 5.41) is 7.37. The van der Waals surface area contributed by atoms with Gasteiger partial charge in [0, 0.05) is 6.54 Å². The van der Waals surface area contributed by atoms with Crippen molar-refractivity contribution in [3.8, 4) is 0 Å². The molecule has 1 unspecified atom stereocenters. The topological polar surface area (TPSA) is 60.2 Å². The van der Waals surface area contributed by atoms with Gasteiger partial charge in [0.25, 0.3) is 0 Å². The first-order chi connectivity index (χ1) is 9.72. The fraction of sp³-hybridized carbons (Fsp3) is 0.467. The van der Waals surface area contributed by atoms with E-state index in [0.29, 0.717) is 24.7 Å². The number of rotatable bonds is 3. The summed E-state index contributed by atoms with van der Waals surface area (Å²) in [6.07, 6.45) is 0.668. The monoisotopic (exact) mass is 273 g/mol. The predicted octanol–water partition coefficient (Wildman–Crippen LogP) is 1.94. The standard InChI is InChI=1S/C15H19N3O2/c1-10-3-4-12(7-11(10)2)8-14-17-15(18-20-14)13-9-19-6-5-16-13/h3-4,7,13,16H,5-6,8-9H2,1-2H3. The van der Waals surface area contributed by atoms with Crippen molar-refractivity contribution in [3.05, 3.63) is 46.6 Å². The zero-order valence-corrected chi connectivity index (χ0v) is 11.8. The Morgan fingerprint density at radius 1 is 1.30 bits per heavy atom. The largest absolute Gasteiger partial charge is 0.378 e. The van der Waals surface area contributed by atoms with Crippen LogP contribution in [0.1, 0.15) is 34.4 Å². The highest BCUT2D eigenvalue weighted by Gasteiger charge is 2.20. The van der Waals surface area contributed by atoms with Gasteiger partial charge >= 0.3 is 0 Å². The Bertz CT molecular complexity index is 589. The van der Waals surface area contributed by atoms with E-state index in [1.165, 1.54) is 16.7 Å². The average molecular weight is 273 g/mol. The van der Waals surface area contributed by atoms with E-state index in [9.17, 15) is 0 Å². The minimum Gasteiger partial charge on any atom is -0.378 e. The van der Waals surface area contributed by atoms with Crippen LogP contribution in [-0.2, 0) is 11.2 Å². The number of morpholine rings is 1. The van der Waals surface area contributed by atoms with E-state index in [-0.39, 0.29) is 6.04 Å². The first-order valence-electron chi connectivity index (χ1n) is 6.92. The molecule has 3 rings (SSSR count). The first-order valence-corrected chi connectivity index (χ1v) is 6.92. The molecule has 1 aliphatic rings. The molecule has 20 heavy (non-hydrogen) atoms. The molecule has 0 saturated carbocycles. The van der Waals surface area contributed by atoms with E-state index in [0.717, 1.165) is 13.2 Å². The van der Waals surface area contributed by atoms with Crippen LogP contribution in [0.25, 0.3) is 0 Å². The Balaban J connectivity index is 1.71. The van der Waals surface area contributed by atoms with E-state index in [4.69, 9.17) is 9.26 Å². The van der Waals surface area contributed by atoms with Crippen LogP contribution >= 0.6 is 0 Å². The van der Waals surface area contributed by atoms with E-state index >= 15 is 0 Å². The maximum Gasteiger partial charge on any atom is 0.231 e. The molecule has 5 heteroatoms. The summed E-state index contributed by atoms with van der Waals surface area (Å²) in [5.41, 5.74) is 3.77. The fourth-order valence-electron chi connectivity index (χ4n) is 2.30. The highest BCUT2D eigenvalue weighted by Crippen LogP contribution is 2.16. The van der Waals surface area contributed by atoms with Gasteiger partial charge in [-0.1, -0.05) is 23.4 Å². The Labute approximate surface area is 118 Å². The van der Waals surface area contributed by atoms with E-state index < -0.39 is 0 Å². The number of benzene rings is 1. The third-order valence-electron chi connectivity index (χ3n) is 3.64. The van der Waals surface area contributed by atoms with Gasteiger partial charge in [0.15, 0.2) is 5.82 Å². The molecule has 0 bridgehead atoms. The minimum atomic E-state index is 0.0426. The van der Waals surface area contributed by atoms with Gasteiger partial charge < -0.3 is 14.6 Å². The molecular weight excluding hydrogens is 254 g/mol. The van der Waals surface area contributed by atoms with Crippen LogP contribution in [-0.4, -0.2) is 29.9 Å². The van der Waals surface area contributed by atoms with Gasteiger partial charge in [-0.3, -0.25) is 0 Å². The second-order valence-electron chi connectivity index (χ2n) is 5.22. The molecule has 2 aromatic rings. The highest BCUT2D eigenvalue weighted by atomic mass is 16.5. The van der Waals surface area contributed by atoms with Gasteiger partial charge in [0.2, 0.25) is 5.89 Å². The average Bonchev–Trinajstić information content (AvgIpc) is 2.92. The van der Waals surface area contributed by atoms with E-state index in [2.05, 4.69) is 47.5 Å². The van der Waals surface area contributed by atoms with Gasteiger partial charge in [-0.25, -0.2) is 0 Å². The molecule has 5 nitrogen and oxygen atoms in total. The van der Waals surface area contributed by atoms with Crippen LogP contribution < -0.4 is 5.32 Å². The summed E-state index contributed by atoms with van der Waals surface area (Å²) in [5.74, 6) is 1.33. The third-order valence-corrected chi connectivity index (χ3v) is 3.64. The Hall–Kier alpha value is -1.72. The molecule has 1 N–H and O–H groups in total. The summed E-state index contributed by atoms with van der Waals surface area (Å²) in [6.45, 7) is 6.39. The van der Waals surface area contributed by atoms with Crippen LogP contribution in [0.2, 0.25) is 0 Å². The Kier molecular flexibility index (Phi) is 3.80. The number of ether oxygens (including phenoxy) is 1. The highest BCUT2D eigenvalue weighted by molar-refractivity contribution is 5.31. The molecule has 106 valence electrons. The van der Waals surface area contributed by atoms with Crippen molar-refractivity contribution < 1.29 is 9.26 Å². The molecule has 1 aromatic heterocycles. The van der Waals surface area contributed by atoms with Crippen molar-refractivity contribution >= 4 is 0 Å². The number of nitrogens with zero attached hydrogens (tertiary/aromatic N) is 2. The zero-order valence-electron chi connectivity index (χ0n) is 11.8. The first kappa shape index (κ1) is 13.3. The van der Waals surface area contributed by atoms with Crippen LogP contribution in [0.5, 0.6) is 0 Å². The van der Waals surface area contributed by atoms with Crippen molar-refractivity contribution in [1.29, 1.82) is 0 Å². The van der Waals surface area contributed by atoms with Gasteiger partial charge in [-0.05, 0) is 30.5 Å². The molecule has 0 radical (unpaired) electrons. The lowest BCUT2D eigenvalue weighted by molar-refractivity contribution is 0.0734. The predicted molar refractivity (Wildman–Crippen MR) is 74.6 cm³/mol. The lowest BCUT2D eigenvalue weighted by Gasteiger charge is -2.20. The Morgan fingerprint density at radius 3 is 2.95 bits per heavy atom. The quantitative estimate of drug-likeness (QED) is 0.926. The molecular formula is C15H19N3O2. The number of hydrogen-bond donors (Lipinski definition) is 1. The van der Waals surface area contributed by atoms with Crippen LogP contribution in [0.4, 0.5) is 0 Å². The Morgan fingerprint density at radius 2 is 2.20 bits per heavy atom. The fourth-order valence-corrected chi connectivity index (χ4v) is 2.30.